The molecule has 0 spiro atoms. The number of hydrogen-bond donors (Lipinski definition) is 1. The second kappa shape index (κ2) is 6.26. The Morgan fingerprint density at radius 2 is 1.89 bits per heavy atom. The predicted molar refractivity (Wildman–Crippen MR) is 75.6 cm³/mol. The summed E-state index contributed by atoms with van der Waals surface area (Å²) in [6.45, 7) is 5.69. The fourth-order valence-corrected chi connectivity index (χ4v) is 2.42. The molecule has 1 N–H and O–H groups in total. The maximum absolute atomic E-state index is 12.1. The van der Waals surface area contributed by atoms with Crippen LogP contribution in [-0.2, 0) is 4.79 Å². The summed E-state index contributed by atoms with van der Waals surface area (Å²) in [6, 6.07) is 7.66. The van der Waals surface area contributed by atoms with E-state index in [0.717, 1.165) is 13.1 Å². The molecule has 0 aromatic heterocycles. The Kier molecular flexibility index (Phi) is 4.66. The molecule has 4 nitrogen and oxygen atoms in total. The third kappa shape index (κ3) is 4.11. The molecule has 0 saturated carbocycles. The minimum absolute atomic E-state index is 0.0233. The van der Waals surface area contributed by atoms with Crippen molar-refractivity contribution in [2.75, 3.05) is 19.7 Å². The molecule has 2 rings (SSSR count). The number of piperazine rings is 1. The molecule has 1 aliphatic heterocycles. The van der Waals surface area contributed by atoms with Crippen LogP contribution in [0, 0.1) is 0 Å². The van der Waals surface area contributed by atoms with E-state index in [-0.39, 0.29) is 12.5 Å². The molecule has 1 fully saturated rings. The van der Waals surface area contributed by atoms with Crippen LogP contribution in [0.5, 0.6) is 5.75 Å². The quantitative estimate of drug-likeness (QED) is 0.921. The van der Waals surface area contributed by atoms with Crippen molar-refractivity contribution in [1.29, 1.82) is 0 Å². The number of rotatable bonds is 3. The lowest BCUT2D eigenvalue weighted by molar-refractivity contribution is -0.135. The lowest BCUT2D eigenvalue weighted by Crippen LogP contribution is -2.56. The van der Waals surface area contributed by atoms with Crippen LogP contribution < -0.4 is 10.1 Å². The highest BCUT2D eigenvalue weighted by atomic mass is 35.5. The number of carbonyl (C=O) groups excluding carboxylic acids is 1. The van der Waals surface area contributed by atoms with Crippen LogP contribution in [0.1, 0.15) is 13.8 Å². The highest BCUT2D eigenvalue weighted by molar-refractivity contribution is 6.30. The van der Waals surface area contributed by atoms with Gasteiger partial charge in [0.15, 0.2) is 6.61 Å². The SMILES string of the molecule is C[C@@H]1CN(C(=O)COc2ccc(Cl)cc2)C[C@H](C)N1. The van der Waals surface area contributed by atoms with E-state index in [9.17, 15) is 4.79 Å². The van der Waals surface area contributed by atoms with Crippen LogP contribution in [0.3, 0.4) is 0 Å². The summed E-state index contributed by atoms with van der Waals surface area (Å²) in [7, 11) is 0. The van der Waals surface area contributed by atoms with E-state index in [1.54, 1.807) is 24.3 Å². The van der Waals surface area contributed by atoms with Crippen LogP contribution in [-0.4, -0.2) is 42.6 Å². The second-order valence-electron chi connectivity index (χ2n) is 5.01. The zero-order chi connectivity index (χ0) is 13.8. The normalized spacial score (nSPS) is 23.2. The molecular formula is C14H19ClN2O2. The summed E-state index contributed by atoms with van der Waals surface area (Å²) in [5.74, 6) is 0.684. The Hall–Kier alpha value is -1.26. The lowest BCUT2D eigenvalue weighted by Gasteiger charge is -2.36. The number of ether oxygens (including phenoxy) is 1. The van der Waals surface area contributed by atoms with Crippen molar-refractivity contribution in [3.8, 4) is 5.75 Å². The standard InChI is InChI=1S/C14H19ClN2O2/c1-10-7-17(8-11(2)16-10)14(18)9-19-13-5-3-12(15)4-6-13/h3-6,10-11,16H,7-9H2,1-2H3/t10-,11+. The minimum atomic E-state index is 0.0233. The molecule has 1 heterocycles. The minimum Gasteiger partial charge on any atom is -0.484 e. The summed E-state index contributed by atoms with van der Waals surface area (Å²) in [6.07, 6.45) is 0. The van der Waals surface area contributed by atoms with Crippen molar-refractivity contribution >= 4 is 17.5 Å². The van der Waals surface area contributed by atoms with E-state index < -0.39 is 0 Å². The summed E-state index contributed by atoms with van der Waals surface area (Å²) < 4.78 is 5.48. The van der Waals surface area contributed by atoms with E-state index in [4.69, 9.17) is 16.3 Å². The summed E-state index contributed by atoms with van der Waals surface area (Å²) in [5, 5.41) is 4.05. The first-order valence-electron chi connectivity index (χ1n) is 6.47. The van der Waals surface area contributed by atoms with Gasteiger partial charge in [-0.1, -0.05) is 11.6 Å². The molecule has 1 aromatic rings. The summed E-state index contributed by atoms with van der Waals surface area (Å²) in [5.41, 5.74) is 0. The number of nitrogens with zero attached hydrogens (tertiary/aromatic N) is 1. The third-order valence-corrected chi connectivity index (χ3v) is 3.34. The fraction of sp³-hybridized carbons (Fsp3) is 0.500. The molecular weight excluding hydrogens is 264 g/mol. The second-order valence-corrected chi connectivity index (χ2v) is 5.45. The van der Waals surface area contributed by atoms with Gasteiger partial charge in [-0.25, -0.2) is 0 Å². The Morgan fingerprint density at radius 3 is 2.47 bits per heavy atom. The number of nitrogens with one attached hydrogen (secondary N) is 1. The van der Waals surface area contributed by atoms with Gasteiger partial charge in [-0.05, 0) is 38.1 Å². The van der Waals surface area contributed by atoms with Gasteiger partial charge in [0.2, 0.25) is 0 Å². The summed E-state index contributed by atoms with van der Waals surface area (Å²) >= 11 is 5.79. The Labute approximate surface area is 118 Å². The van der Waals surface area contributed by atoms with E-state index in [0.29, 0.717) is 22.9 Å². The topological polar surface area (TPSA) is 41.6 Å². The van der Waals surface area contributed by atoms with Crippen molar-refractivity contribution in [3.05, 3.63) is 29.3 Å². The van der Waals surface area contributed by atoms with Crippen molar-refractivity contribution in [3.63, 3.8) is 0 Å². The van der Waals surface area contributed by atoms with Gasteiger partial charge >= 0.3 is 0 Å². The number of benzene rings is 1. The van der Waals surface area contributed by atoms with E-state index in [2.05, 4.69) is 19.2 Å². The maximum Gasteiger partial charge on any atom is 0.260 e. The molecule has 2 atom stereocenters. The Morgan fingerprint density at radius 1 is 1.32 bits per heavy atom. The van der Waals surface area contributed by atoms with Crippen molar-refractivity contribution in [2.45, 2.75) is 25.9 Å². The third-order valence-electron chi connectivity index (χ3n) is 3.09. The van der Waals surface area contributed by atoms with Crippen molar-refractivity contribution in [1.82, 2.24) is 10.2 Å². The van der Waals surface area contributed by atoms with Gasteiger partial charge in [-0.3, -0.25) is 4.79 Å². The Bertz CT molecular complexity index is 426. The van der Waals surface area contributed by atoms with Gasteiger partial charge in [0, 0.05) is 30.2 Å². The highest BCUT2D eigenvalue weighted by Gasteiger charge is 2.24. The average Bonchev–Trinajstić information content (AvgIpc) is 2.36. The van der Waals surface area contributed by atoms with Gasteiger partial charge < -0.3 is 15.0 Å². The average molecular weight is 283 g/mol. The van der Waals surface area contributed by atoms with Gasteiger partial charge in [-0.2, -0.15) is 0 Å². The van der Waals surface area contributed by atoms with Crippen LogP contribution in [0.4, 0.5) is 0 Å². The molecule has 0 aliphatic carbocycles. The number of carbonyl (C=O) groups is 1. The van der Waals surface area contributed by atoms with Crippen LogP contribution >= 0.6 is 11.6 Å². The smallest absolute Gasteiger partial charge is 0.260 e. The number of amides is 1. The maximum atomic E-state index is 12.1. The Balaban J connectivity index is 1.85. The number of halogens is 1. The van der Waals surface area contributed by atoms with Crippen LogP contribution in [0.15, 0.2) is 24.3 Å². The highest BCUT2D eigenvalue weighted by Crippen LogP contribution is 2.15. The first-order valence-corrected chi connectivity index (χ1v) is 6.84. The van der Waals surface area contributed by atoms with Gasteiger partial charge in [0.1, 0.15) is 5.75 Å². The first kappa shape index (κ1) is 14.2. The zero-order valence-corrected chi connectivity index (χ0v) is 12.0. The predicted octanol–water partition coefficient (Wildman–Crippen LogP) is 1.93. The van der Waals surface area contributed by atoms with Crippen molar-refractivity contribution in [2.24, 2.45) is 0 Å². The molecule has 1 saturated heterocycles. The van der Waals surface area contributed by atoms with Crippen LogP contribution in [0.25, 0.3) is 0 Å². The molecule has 0 unspecified atom stereocenters. The monoisotopic (exact) mass is 282 g/mol. The lowest BCUT2D eigenvalue weighted by atomic mass is 10.1. The zero-order valence-electron chi connectivity index (χ0n) is 11.2. The molecule has 5 heteroatoms. The molecule has 19 heavy (non-hydrogen) atoms. The summed E-state index contributed by atoms with van der Waals surface area (Å²) in [4.78, 5) is 13.9. The van der Waals surface area contributed by atoms with Gasteiger partial charge in [-0.15, -0.1) is 0 Å². The number of hydrogen-bond acceptors (Lipinski definition) is 3. The fourth-order valence-electron chi connectivity index (χ4n) is 2.30. The van der Waals surface area contributed by atoms with E-state index >= 15 is 0 Å². The largest absolute Gasteiger partial charge is 0.484 e. The van der Waals surface area contributed by atoms with E-state index in [1.165, 1.54) is 0 Å². The van der Waals surface area contributed by atoms with E-state index in [1.807, 2.05) is 4.90 Å². The van der Waals surface area contributed by atoms with Gasteiger partial charge in [0.05, 0.1) is 0 Å². The molecule has 1 aromatic carbocycles. The van der Waals surface area contributed by atoms with Gasteiger partial charge in [0.25, 0.3) is 5.91 Å². The molecule has 1 amide bonds. The van der Waals surface area contributed by atoms with Crippen molar-refractivity contribution < 1.29 is 9.53 Å². The first-order chi connectivity index (χ1) is 9.04. The van der Waals surface area contributed by atoms with Crippen LogP contribution in [0.2, 0.25) is 5.02 Å². The molecule has 0 bridgehead atoms. The molecule has 104 valence electrons. The molecule has 1 aliphatic rings. The molecule has 0 radical (unpaired) electrons.